The van der Waals surface area contributed by atoms with Crippen LogP contribution in [0, 0.1) is 0 Å². The van der Waals surface area contributed by atoms with Crippen molar-refractivity contribution >= 4 is 7.74 Å². The second-order valence-electron chi connectivity index (χ2n) is 6.55. The van der Waals surface area contributed by atoms with Crippen molar-refractivity contribution in [2.24, 2.45) is 0 Å². The number of rotatable bonds is 9. The first-order valence-electron chi connectivity index (χ1n) is 9.78. The van der Waals surface area contributed by atoms with E-state index in [0.717, 1.165) is 0 Å². The first kappa shape index (κ1) is 20.7. The summed E-state index contributed by atoms with van der Waals surface area (Å²) in [4.78, 5) is 0. The third-order valence-corrected chi connectivity index (χ3v) is 6.92. The summed E-state index contributed by atoms with van der Waals surface area (Å²) in [5.41, 5.74) is 0. The van der Waals surface area contributed by atoms with Crippen LogP contribution in [0.3, 0.4) is 0 Å². The van der Waals surface area contributed by atoms with E-state index in [-0.39, 0.29) is 0 Å². The Kier molecular flexibility index (Phi) is 6.08. The van der Waals surface area contributed by atoms with Crippen molar-refractivity contribution in [2.45, 2.75) is 0 Å². The van der Waals surface area contributed by atoms with Crippen LogP contribution in [0.5, 0.6) is 23.0 Å². The molecule has 0 heterocycles. The van der Waals surface area contributed by atoms with Crippen molar-refractivity contribution < 1.29 is 22.6 Å². The molecule has 4 aromatic carbocycles. The summed E-state index contributed by atoms with van der Waals surface area (Å²) in [7, 11) is -3.34. The Morgan fingerprint density at radius 3 is 0.806 bits per heavy atom. The monoisotopic (exact) mass is 434 g/mol. The van der Waals surface area contributed by atoms with Crippen molar-refractivity contribution in [3.63, 3.8) is 0 Å². The van der Waals surface area contributed by atoms with Gasteiger partial charge in [0.1, 0.15) is 0 Å². The van der Waals surface area contributed by atoms with Gasteiger partial charge in [-0.05, 0) is 0 Å². The molecule has 31 heavy (non-hydrogen) atoms. The van der Waals surface area contributed by atoms with Crippen LogP contribution in [0.2, 0.25) is 0 Å². The fraction of sp³-hybridized carbons (Fsp3) is 0.0400. The number of hydrogen-bond donors (Lipinski definition) is 0. The van der Waals surface area contributed by atoms with Gasteiger partial charge < -0.3 is 0 Å². The molecule has 0 saturated heterocycles. The van der Waals surface area contributed by atoms with Crippen LogP contribution < -0.4 is 18.1 Å². The molecule has 0 atom stereocenters. The van der Waals surface area contributed by atoms with E-state index in [1.807, 2.05) is 72.8 Å². The van der Waals surface area contributed by atoms with Crippen molar-refractivity contribution in [3.8, 4) is 23.0 Å². The van der Waals surface area contributed by atoms with Crippen LogP contribution in [0.25, 0.3) is 0 Å². The van der Waals surface area contributed by atoms with Gasteiger partial charge in [-0.15, -0.1) is 0 Å². The number of benzene rings is 4. The molecule has 0 aliphatic rings. The molecule has 0 spiro atoms. The summed E-state index contributed by atoms with van der Waals surface area (Å²) >= 11 is 0. The van der Waals surface area contributed by atoms with Gasteiger partial charge in [-0.1, -0.05) is 0 Å². The summed E-state index contributed by atoms with van der Waals surface area (Å²) < 4.78 is 31.6. The average molecular weight is 434 g/mol. The predicted octanol–water partition coefficient (Wildman–Crippen LogP) is 7.08. The van der Waals surface area contributed by atoms with E-state index in [1.165, 1.54) is 7.11 Å². The molecular weight excluding hydrogens is 411 g/mol. The van der Waals surface area contributed by atoms with Crippen molar-refractivity contribution in [1.29, 1.82) is 0 Å². The van der Waals surface area contributed by atoms with E-state index in [9.17, 15) is 0 Å². The molecule has 4 rings (SSSR count). The van der Waals surface area contributed by atoms with Crippen LogP contribution in [0.1, 0.15) is 0 Å². The molecule has 0 aliphatic heterocycles. The second-order valence-corrected chi connectivity index (χ2v) is 9.13. The molecule has 158 valence electrons. The van der Waals surface area contributed by atoms with Crippen LogP contribution >= 0.6 is 7.74 Å². The van der Waals surface area contributed by atoms with Crippen molar-refractivity contribution in [3.05, 3.63) is 121 Å². The van der Waals surface area contributed by atoms with Gasteiger partial charge in [-0.3, -0.25) is 0 Å². The SMILES string of the molecule is COP(Oc1ccccc1)(Oc1ccccc1)(Oc1ccccc1)Oc1ccccc1. The van der Waals surface area contributed by atoms with Gasteiger partial charge in [0.25, 0.3) is 0 Å². The molecular formula is C25H23O5P. The van der Waals surface area contributed by atoms with Gasteiger partial charge in [0.15, 0.2) is 0 Å². The van der Waals surface area contributed by atoms with Gasteiger partial charge in [-0.2, -0.15) is 0 Å². The third-order valence-electron chi connectivity index (χ3n) is 4.29. The molecule has 0 saturated carbocycles. The molecule has 0 aromatic heterocycles. The molecule has 0 fully saturated rings. The zero-order valence-electron chi connectivity index (χ0n) is 17.0. The van der Waals surface area contributed by atoms with E-state index in [0.29, 0.717) is 23.0 Å². The molecule has 6 heteroatoms. The Balaban J connectivity index is 1.88. The molecule has 0 radical (unpaired) electrons. The van der Waals surface area contributed by atoms with Crippen LogP contribution in [-0.2, 0) is 4.52 Å². The zero-order chi connectivity index (χ0) is 21.4. The van der Waals surface area contributed by atoms with Gasteiger partial charge in [0, 0.05) is 0 Å². The summed E-state index contributed by atoms with van der Waals surface area (Å²) in [6, 6.07) is 36.7. The minimum atomic E-state index is -4.79. The van der Waals surface area contributed by atoms with E-state index < -0.39 is 7.74 Å². The quantitative estimate of drug-likeness (QED) is 0.264. The Morgan fingerprint density at radius 2 is 0.613 bits per heavy atom. The fourth-order valence-electron chi connectivity index (χ4n) is 2.87. The summed E-state index contributed by atoms with van der Waals surface area (Å²) in [6.07, 6.45) is 0. The minimum absolute atomic E-state index is 0.477. The Labute approximate surface area is 182 Å². The second kappa shape index (κ2) is 9.09. The molecule has 0 N–H and O–H groups in total. The maximum absolute atomic E-state index is 6.39. The average Bonchev–Trinajstić information content (AvgIpc) is 2.82. The first-order valence-corrected chi connectivity index (χ1v) is 11.6. The zero-order valence-corrected chi connectivity index (χ0v) is 17.9. The van der Waals surface area contributed by atoms with Crippen molar-refractivity contribution in [2.75, 3.05) is 7.11 Å². The van der Waals surface area contributed by atoms with Gasteiger partial charge >= 0.3 is 182 Å². The van der Waals surface area contributed by atoms with Gasteiger partial charge in [0.05, 0.1) is 0 Å². The van der Waals surface area contributed by atoms with Crippen LogP contribution in [-0.4, -0.2) is 7.11 Å². The molecule has 0 unspecified atom stereocenters. The molecule has 0 bridgehead atoms. The normalized spacial score (nSPS) is 12.2. The Bertz CT molecular complexity index is 898. The number of hydrogen-bond acceptors (Lipinski definition) is 5. The molecule has 4 aromatic rings. The standard InChI is InChI=1S/C25H23O5P/c1-26-31(27-22-14-6-2-7-15-22,28-23-16-8-3-9-17-23,29-24-18-10-4-11-19-24)30-25-20-12-5-13-21-25/h2-21H,1H3. The Hall–Kier alpha value is -3.53. The molecule has 5 nitrogen and oxygen atoms in total. The summed E-state index contributed by atoms with van der Waals surface area (Å²) in [5, 5.41) is 0. The topological polar surface area (TPSA) is 46.2 Å². The van der Waals surface area contributed by atoms with E-state index >= 15 is 0 Å². The van der Waals surface area contributed by atoms with Crippen LogP contribution in [0.15, 0.2) is 121 Å². The third kappa shape index (κ3) is 4.97. The van der Waals surface area contributed by atoms with E-state index in [1.54, 1.807) is 48.5 Å². The summed E-state index contributed by atoms with van der Waals surface area (Å²) in [5.74, 6) is 1.91. The van der Waals surface area contributed by atoms with E-state index in [4.69, 9.17) is 22.6 Å². The van der Waals surface area contributed by atoms with E-state index in [2.05, 4.69) is 0 Å². The first-order chi connectivity index (χ1) is 15.2. The van der Waals surface area contributed by atoms with Gasteiger partial charge in [0.2, 0.25) is 0 Å². The summed E-state index contributed by atoms with van der Waals surface area (Å²) in [6.45, 7) is 0. The molecule has 0 aliphatic carbocycles. The predicted molar refractivity (Wildman–Crippen MR) is 122 cm³/mol. The maximum atomic E-state index is 6.39. The number of para-hydroxylation sites is 4. The van der Waals surface area contributed by atoms with Gasteiger partial charge in [-0.25, -0.2) is 0 Å². The van der Waals surface area contributed by atoms with Crippen molar-refractivity contribution in [1.82, 2.24) is 0 Å². The fourth-order valence-corrected chi connectivity index (χ4v) is 5.26. The molecule has 0 amide bonds. The van der Waals surface area contributed by atoms with Crippen LogP contribution in [0.4, 0.5) is 0 Å². The Morgan fingerprint density at radius 1 is 0.387 bits per heavy atom.